The molecule has 42 valence electrons. The van der Waals surface area contributed by atoms with E-state index in [9.17, 15) is 0 Å². The van der Waals surface area contributed by atoms with Crippen LogP contribution in [0.2, 0.25) is 0 Å². The standard InChI is InChI=1S/C4H8N2.HI/c1-2-5-4-6-3-1;/h2,6H,1,3-4H2;1H. The van der Waals surface area contributed by atoms with Crippen LogP contribution in [0.3, 0.4) is 0 Å². The van der Waals surface area contributed by atoms with Crippen molar-refractivity contribution in [3.8, 4) is 0 Å². The van der Waals surface area contributed by atoms with E-state index in [0.717, 1.165) is 19.6 Å². The zero-order chi connectivity index (χ0) is 4.24. The Morgan fingerprint density at radius 1 is 1.57 bits per heavy atom. The summed E-state index contributed by atoms with van der Waals surface area (Å²) in [4.78, 5) is 3.94. The van der Waals surface area contributed by atoms with Gasteiger partial charge in [0.2, 0.25) is 0 Å². The van der Waals surface area contributed by atoms with E-state index in [0.29, 0.717) is 0 Å². The molecular formula is C4H9IN2. The highest BCUT2D eigenvalue weighted by molar-refractivity contribution is 14.0. The SMILES string of the molecule is C1=NCNCC1.I. The van der Waals surface area contributed by atoms with Gasteiger partial charge in [-0.05, 0) is 6.42 Å². The molecule has 0 unspecified atom stereocenters. The molecule has 1 N–H and O–H groups in total. The molecular weight excluding hydrogens is 203 g/mol. The predicted molar refractivity (Wildman–Crippen MR) is 41.4 cm³/mol. The molecule has 1 aliphatic heterocycles. The fraction of sp³-hybridized carbons (Fsp3) is 0.750. The van der Waals surface area contributed by atoms with E-state index in [1.807, 2.05) is 6.21 Å². The van der Waals surface area contributed by atoms with Crippen molar-refractivity contribution in [1.29, 1.82) is 0 Å². The first kappa shape index (κ1) is 7.36. The van der Waals surface area contributed by atoms with Crippen molar-refractivity contribution in [1.82, 2.24) is 5.32 Å². The van der Waals surface area contributed by atoms with Crippen LogP contribution in [0.4, 0.5) is 0 Å². The van der Waals surface area contributed by atoms with Crippen LogP contribution in [-0.4, -0.2) is 19.4 Å². The van der Waals surface area contributed by atoms with Crippen LogP contribution < -0.4 is 5.32 Å². The number of nitrogens with zero attached hydrogens (tertiary/aromatic N) is 1. The van der Waals surface area contributed by atoms with Gasteiger partial charge in [0.1, 0.15) is 0 Å². The molecule has 0 amide bonds. The van der Waals surface area contributed by atoms with Gasteiger partial charge in [-0.1, -0.05) is 0 Å². The van der Waals surface area contributed by atoms with Gasteiger partial charge in [-0.15, -0.1) is 24.0 Å². The number of nitrogens with one attached hydrogen (secondary N) is 1. The molecule has 0 radical (unpaired) electrons. The Labute approximate surface area is 60.4 Å². The fourth-order valence-corrected chi connectivity index (χ4v) is 0.466. The summed E-state index contributed by atoms with van der Waals surface area (Å²) < 4.78 is 0. The van der Waals surface area contributed by atoms with Gasteiger partial charge in [0.05, 0.1) is 6.67 Å². The molecule has 0 atom stereocenters. The van der Waals surface area contributed by atoms with Gasteiger partial charge in [-0.25, -0.2) is 0 Å². The summed E-state index contributed by atoms with van der Waals surface area (Å²) in [5.74, 6) is 0. The molecule has 1 aliphatic rings. The van der Waals surface area contributed by atoms with Crippen molar-refractivity contribution in [2.24, 2.45) is 4.99 Å². The Hall–Kier alpha value is 0.360. The largest absolute Gasteiger partial charge is 0.298 e. The van der Waals surface area contributed by atoms with Gasteiger partial charge < -0.3 is 0 Å². The molecule has 0 aliphatic carbocycles. The Morgan fingerprint density at radius 2 is 2.43 bits per heavy atom. The minimum atomic E-state index is 0. The van der Waals surface area contributed by atoms with E-state index in [-0.39, 0.29) is 24.0 Å². The lowest BCUT2D eigenvalue weighted by atomic mass is 10.4. The fourth-order valence-electron chi connectivity index (χ4n) is 0.466. The van der Waals surface area contributed by atoms with E-state index in [2.05, 4.69) is 10.3 Å². The Bertz CT molecular complexity index is 54.7. The molecule has 2 nitrogen and oxygen atoms in total. The highest BCUT2D eigenvalue weighted by atomic mass is 127. The predicted octanol–water partition coefficient (Wildman–Crippen LogP) is 0.626. The lowest BCUT2D eigenvalue weighted by molar-refractivity contribution is 0.699. The summed E-state index contributed by atoms with van der Waals surface area (Å²) in [6.45, 7) is 1.92. The minimum Gasteiger partial charge on any atom is -0.298 e. The van der Waals surface area contributed by atoms with Crippen LogP contribution in [0, 0.1) is 0 Å². The van der Waals surface area contributed by atoms with Gasteiger partial charge in [0.15, 0.2) is 0 Å². The molecule has 0 saturated heterocycles. The van der Waals surface area contributed by atoms with E-state index in [1.54, 1.807) is 0 Å². The van der Waals surface area contributed by atoms with Crippen molar-refractivity contribution in [3.05, 3.63) is 0 Å². The van der Waals surface area contributed by atoms with Crippen molar-refractivity contribution >= 4 is 30.2 Å². The molecule has 0 bridgehead atoms. The summed E-state index contributed by atoms with van der Waals surface area (Å²) in [5.41, 5.74) is 0. The maximum atomic E-state index is 3.94. The highest BCUT2D eigenvalue weighted by Gasteiger charge is 1.85. The summed E-state index contributed by atoms with van der Waals surface area (Å²) in [7, 11) is 0. The summed E-state index contributed by atoms with van der Waals surface area (Å²) in [6, 6.07) is 0. The monoisotopic (exact) mass is 212 g/mol. The van der Waals surface area contributed by atoms with Crippen LogP contribution >= 0.6 is 24.0 Å². The second-order valence-electron chi connectivity index (χ2n) is 1.31. The molecule has 1 rings (SSSR count). The third kappa shape index (κ3) is 2.99. The molecule has 3 heteroatoms. The number of halogens is 1. The quantitative estimate of drug-likeness (QED) is 0.585. The third-order valence-electron chi connectivity index (χ3n) is 0.782. The Balaban J connectivity index is 0.000000360. The normalized spacial score (nSPS) is 18.3. The van der Waals surface area contributed by atoms with Crippen molar-refractivity contribution in [3.63, 3.8) is 0 Å². The minimum absolute atomic E-state index is 0. The molecule has 1 heterocycles. The molecule has 0 spiro atoms. The third-order valence-corrected chi connectivity index (χ3v) is 0.782. The number of hydrogen-bond donors (Lipinski definition) is 1. The van der Waals surface area contributed by atoms with Crippen LogP contribution in [0.15, 0.2) is 4.99 Å². The summed E-state index contributed by atoms with van der Waals surface area (Å²) in [5, 5.41) is 3.09. The molecule has 0 aromatic carbocycles. The molecule has 0 aromatic heterocycles. The number of rotatable bonds is 0. The molecule has 0 fully saturated rings. The lowest BCUT2D eigenvalue weighted by Gasteiger charge is -2.01. The van der Waals surface area contributed by atoms with Gasteiger partial charge in [-0.2, -0.15) is 0 Å². The van der Waals surface area contributed by atoms with Gasteiger partial charge in [0.25, 0.3) is 0 Å². The lowest BCUT2D eigenvalue weighted by Crippen LogP contribution is -2.19. The number of aliphatic imine (C=N–C) groups is 1. The van der Waals surface area contributed by atoms with Crippen LogP contribution in [0.1, 0.15) is 6.42 Å². The van der Waals surface area contributed by atoms with Crippen LogP contribution in [-0.2, 0) is 0 Å². The van der Waals surface area contributed by atoms with Crippen molar-refractivity contribution in [2.75, 3.05) is 13.2 Å². The van der Waals surface area contributed by atoms with E-state index >= 15 is 0 Å². The van der Waals surface area contributed by atoms with Crippen molar-refractivity contribution < 1.29 is 0 Å². The summed E-state index contributed by atoms with van der Waals surface area (Å²) >= 11 is 0. The summed E-state index contributed by atoms with van der Waals surface area (Å²) in [6.07, 6.45) is 3.05. The van der Waals surface area contributed by atoms with Crippen LogP contribution in [0.5, 0.6) is 0 Å². The van der Waals surface area contributed by atoms with E-state index in [4.69, 9.17) is 0 Å². The first-order chi connectivity index (χ1) is 3.00. The topological polar surface area (TPSA) is 24.4 Å². The average Bonchev–Trinajstić information content (AvgIpc) is 1.72. The first-order valence-electron chi connectivity index (χ1n) is 2.19. The highest BCUT2D eigenvalue weighted by Crippen LogP contribution is 1.76. The molecule has 0 aromatic rings. The second kappa shape index (κ2) is 4.52. The van der Waals surface area contributed by atoms with Crippen LogP contribution in [0.25, 0.3) is 0 Å². The zero-order valence-corrected chi connectivity index (χ0v) is 6.38. The smallest absolute Gasteiger partial charge is 0.0880 e. The van der Waals surface area contributed by atoms with Gasteiger partial charge in [0, 0.05) is 12.8 Å². The second-order valence-corrected chi connectivity index (χ2v) is 1.31. The average molecular weight is 212 g/mol. The first-order valence-corrected chi connectivity index (χ1v) is 2.19. The zero-order valence-electron chi connectivity index (χ0n) is 4.05. The Morgan fingerprint density at radius 3 is 2.57 bits per heavy atom. The number of hydrogen-bond acceptors (Lipinski definition) is 2. The maximum Gasteiger partial charge on any atom is 0.0880 e. The molecule has 0 saturated carbocycles. The van der Waals surface area contributed by atoms with Crippen molar-refractivity contribution in [2.45, 2.75) is 6.42 Å². The Kier molecular flexibility index (Phi) is 4.75. The maximum absolute atomic E-state index is 3.94. The van der Waals surface area contributed by atoms with E-state index < -0.39 is 0 Å². The van der Waals surface area contributed by atoms with Gasteiger partial charge >= 0.3 is 0 Å². The van der Waals surface area contributed by atoms with E-state index in [1.165, 1.54) is 0 Å². The molecule has 7 heavy (non-hydrogen) atoms. The van der Waals surface area contributed by atoms with Gasteiger partial charge in [-0.3, -0.25) is 10.3 Å².